The largest absolute Gasteiger partial charge is 0.497 e. The molecule has 0 amide bonds. The molecule has 3 nitrogen and oxygen atoms in total. The Labute approximate surface area is 117 Å². The maximum Gasteiger partial charge on any atom is 0.118 e. The summed E-state index contributed by atoms with van der Waals surface area (Å²) in [5.74, 6) is 0.888. The smallest absolute Gasteiger partial charge is 0.118 e. The van der Waals surface area contributed by atoms with E-state index in [1.807, 2.05) is 23.6 Å². The summed E-state index contributed by atoms with van der Waals surface area (Å²) < 4.78 is 5.13. The summed E-state index contributed by atoms with van der Waals surface area (Å²) in [6.07, 6.45) is 0.987. The number of nitrogens with zero attached hydrogens (tertiary/aromatic N) is 1. The van der Waals surface area contributed by atoms with Gasteiger partial charge in [-0.3, -0.25) is 0 Å². The number of hydrogen-bond donors (Lipinski definition) is 1. The predicted octanol–water partition coefficient (Wildman–Crippen LogP) is 2.96. The molecule has 2 rings (SSSR count). The summed E-state index contributed by atoms with van der Waals surface area (Å²) in [4.78, 5) is 1.20. The molecule has 0 unspecified atom stereocenters. The van der Waals surface area contributed by atoms with Gasteiger partial charge in [0.15, 0.2) is 0 Å². The van der Waals surface area contributed by atoms with E-state index in [9.17, 15) is 0 Å². The van der Waals surface area contributed by atoms with E-state index in [0.29, 0.717) is 0 Å². The van der Waals surface area contributed by atoms with Gasteiger partial charge in [-0.15, -0.1) is 11.3 Å². The molecule has 0 fully saturated rings. The van der Waals surface area contributed by atoms with Crippen molar-refractivity contribution in [1.82, 2.24) is 5.32 Å². The normalized spacial score (nSPS) is 10.1. The summed E-state index contributed by atoms with van der Waals surface area (Å²) in [6, 6.07) is 12.2. The third-order valence-electron chi connectivity index (χ3n) is 2.83. The highest BCUT2D eigenvalue weighted by Crippen LogP contribution is 2.14. The van der Waals surface area contributed by atoms with Crippen molar-refractivity contribution in [2.75, 3.05) is 13.7 Å². The molecule has 0 saturated heterocycles. The number of nitriles is 1. The standard InChI is InChI=1S/C15H16N2OS/c1-18-14-4-2-12(3-5-14)6-7-17-10-15-8-13(9-16)11-19-15/h2-5,8,11,17H,6-7,10H2,1H3. The van der Waals surface area contributed by atoms with Gasteiger partial charge in [-0.25, -0.2) is 0 Å². The van der Waals surface area contributed by atoms with E-state index in [2.05, 4.69) is 23.5 Å². The maximum absolute atomic E-state index is 8.74. The van der Waals surface area contributed by atoms with E-state index in [4.69, 9.17) is 10.00 Å². The molecular formula is C15H16N2OS. The second-order valence-corrected chi connectivity index (χ2v) is 5.18. The zero-order chi connectivity index (χ0) is 13.5. The molecule has 19 heavy (non-hydrogen) atoms. The van der Waals surface area contributed by atoms with Crippen molar-refractivity contribution in [3.63, 3.8) is 0 Å². The number of thiophene rings is 1. The highest BCUT2D eigenvalue weighted by Gasteiger charge is 1.99. The first-order valence-corrected chi connectivity index (χ1v) is 7.01. The molecule has 1 N–H and O–H groups in total. The van der Waals surface area contributed by atoms with Gasteiger partial charge in [0.1, 0.15) is 11.8 Å². The van der Waals surface area contributed by atoms with E-state index >= 15 is 0 Å². The van der Waals surface area contributed by atoms with Gasteiger partial charge < -0.3 is 10.1 Å². The maximum atomic E-state index is 8.74. The Morgan fingerprint density at radius 3 is 2.74 bits per heavy atom. The first-order valence-electron chi connectivity index (χ1n) is 6.13. The van der Waals surface area contributed by atoms with Gasteiger partial charge in [-0.05, 0) is 36.7 Å². The molecule has 98 valence electrons. The van der Waals surface area contributed by atoms with Crippen LogP contribution in [0, 0.1) is 11.3 Å². The van der Waals surface area contributed by atoms with Crippen LogP contribution in [-0.4, -0.2) is 13.7 Å². The fourth-order valence-corrected chi connectivity index (χ4v) is 2.55. The molecule has 0 bridgehead atoms. The molecule has 1 heterocycles. The summed E-state index contributed by atoms with van der Waals surface area (Å²) in [5, 5.41) is 14.0. The fraction of sp³-hybridized carbons (Fsp3) is 0.267. The quantitative estimate of drug-likeness (QED) is 0.822. The second kappa shape index (κ2) is 6.93. The minimum Gasteiger partial charge on any atom is -0.497 e. The van der Waals surface area contributed by atoms with Gasteiger partial charge in [0.2, 0.25) is 0 Å². The third kappa shape index (κ3) is 4.09. The Balaban J connectivity index is 1.72. The van der Waals surface area contributed by atoms with E-state index in [1.54, 1.807) is 18.4 Å². The minimum absolute atomic E-state index is 0.747. The van der Waals surface area contributed by atoms with Crippen LogP contribution in [0.5, 0.6) is 5.75 Å². The zero-order valence-corrected chi connectivity index (χ0v) is 11.7. The van der Waals surface area contributed by atoms with E-state index < -0.39 is 0 Å². The fourth-order valence-electron chi connectivity index (χ4n) is 1.77. The zero-order valence-electron chi connectivity index (χ0n) is 10.8. The molecule has 0 aliphatic heterocycles. The SMILES string of the molecule is COc1ccc(CCNCc2cc(C#N)cs2)cc1. The Bertz CT molecular complexity index is 554. The van der Waals surface area contributed by atoms with E-state index in [-0.39, 0.29) is 0 Å². The lowest BCUT2D eigenvalue weighted by Gasteiger charge is -2.04. The van der Waals surface area contributed by atoms with Crippen molar-refractivity contribution in [1.29, 1.82) is 5.26 Å². The lowest BCUT2D eigenvalue weighted by molar-refractivity contribution is 0.414. The van der Waals surface area contributed by atoms with Crippen LogP contribution < -0.4 is 10.1 Å². The third-order valence-corrected chi connectivity index (χ3v) is 3.77. The van der Waals surface area contributed by atoms with Gasteiger partial charge in [0, 0.05) is 16.8 Å². The number of methoxy groups -OCH3 is 1. The van der Waals surface area contributed by atoms with Crippen LogP contribution in [0.2, 0.25) is 0 Å². The molecule has 1 aromatic carbocycles. The van der Waals surface area contributed by atoms with Crippen molar-refractivity contribution < 1.29 is 4.74 Å². The number of rotatable bonds is 6. The number of ether oxygens (including phenoxy) is 1. The van der Waals surface area contributed by atoms with Crippen molar-refractivity contribution in [2.45, 2.75) is 13.0 Å². The highest BCUT2D eigenvalue weighted by atomic mass is 32.1. The van der Waals surface area contributed by atoms with Gasteiger partial charge in [0.05, 0.1) is 12.7 Å². The van der Waals surface area contributed by atoms with Gasteiger partial charge in [-0.1, -0.05) is 12.1 Å². The Kier molecular flexibility index (Phi) is 4.96. The lowest BCUT2D eigenvalue weighted by atomic mass is 10.1. The average Bonchev–Trinajstić information content (AvgIpc) is 2.92. The summed E-state index contributed by atoms with van der Waals surface area (Å²) in [7, 11) is 1.67. The van der Waals surface area contributed by atoms with Crippen molar-refractivity contribution in [3.8, 4) is 11.8 Å². The molecule has 2 aromatic rings. The van der Waals surface area contributed by atoms with E-state index in [1.165, 1.54) is 10.4 Å². The monoisotopic (exact) mass is 272 g/mol. The molecule has 0 radical (unpaired) electrons. The minimum atomic E-state index is 0.747. The molecular weight excluding hydrogens is 256 g/mol. The summed E-state index contributed by atoms with van der Waals surface area (Å²) in [6.45, 7) is 1.74. The van der Waals surface area contributed by atoms with E-state index in [0.717, 1.165) is 30.8 Å². The molecule has 1 aromatic heterocycles. The Morgan fingerprint density at radius 1 is 1.32 bits per heavy atom. The highest BCUT2D eigenvalue weighted by molar-refractivity contribution is 7.10. The number of hydrogen-bond acceptors (Lipinski definition) is 4. The summed E-state index contributed by atoms with van der Waals surface area (Å²) in [5.41, 5.74) is 2.04. The topological polar surface area (TPSA) is 45.0 Å². The van der Waals surface area contributed by atoms with Crippen molar-refractivity contribution in [3.05, 3.63) is 51.7 Å². The van der Waals surface area contributed by atoms with Crippen LogP contribution in [-0.2, 0) is 13.0 Å². The lowest BCUT2D eigenvalue weighted by Crippen LogP contribution is -2.15. The molecule has 0 aliphatic carbocycles. The van der Waals surface area contributed by atoms with Crippen LogP contribution in [0.4, 0.5) is 0 Å². The van der Waals surface area contributed by atoms with Crippen molar-refractivity contribution >= 4 is 11.3 Å². The Hall–Kier alpha value is -1.83. The van der Waals surface area contributed by atoms with Crippen LogP contribution >= 0.6 is 11.3 Å². The number of nitrogens with one attached hydrogen (secondary N) is 1. The Morgan fingerprint density at radius 2 is 2.11 bits per heavy atom. The van der Waals surface area contributed by atoms with Crippen LogP contribution in [0.1, 0.15) is 16.0 Å². The van der Waals surface area contributed by atoms with Crippen molar-refractivity contribution in [2.24, 2.45) is 0 Å². The van der Waals surface area contributed by atoms with Gasteiger partial charge in [0.25, 0.3) is 0 Å². The first-order chi connectivity index (χ1) is 9.31. The summed E-state index contributed by atoms with van der Waals surface area (Å²) >= 11 is 1.62. The van der Waals surface area contributed by atoms with Gasteiger partial charge in [-0.2, -0.15) is 5.26 Å². The molecule has 0 aliphatic rings. The average molecular weight is 272 g/mol. The molecule has 0 atom stereocenters. The molecule has 4 heteroatoms. The first kappa shape index (κ1) is 13.6. The molecule has 0 spiro atoms. The van der Waals surface area contributed by atoms with Crippen LogP contribution in [0.25, 0.3) is 0 Å². The number of benzene rings is 1. The second-order valence-electron chi connectivity index (χ2n) is 4.19. The van der Waals surface area contributed by atoms with Gasteiger partial charge >= 0.3 is 0 Å². The molecule has 0 saturated carbocycles. The van der Waals surface area contributed by atoms with Crippen LogP contribution in [0.15, 0.2) is 35.7 Å². The predicted molar refractivity (Wildman–Crippen MR) is 77.4 cm³/mol. The van der Waals surface area contributed by atoms with Crippen LogP contribution in [0.3, 0.4) is 0 Å².